The van der Waals surface area contributed by atoms with E-state index in [0.717, 1.165) is 30.9 Å². The molecular formula is C14H27NO3S. The maximum Gasteiger partial charge on any atom is 0.327 e. The summed E-state index contributed by atoms with van der Waals surface area (Å²) in [7, 11) is 0. The zero-order valence-corrected chi connectivity index (χ0v) is 13.1. The van der Waals surface area contributed by atoms with Crippen molar-refractivity contribution in [3.8, 4) is 0 Å². The van der Waals surface area contributed by atoms with Gasteiger partial charge in [0.05, 0.1) is 6.61 Å². The van der Waals surface area contributed by atoms with E-state index in [-0.39, 0.29) is 18.5 Å². The minimum absolute atomic E-state index is 0.108. The van der Waals surface area contributed by atoms with Crippen LogP contribution in [0.4, 0.5) is 0 Å². The van der Waals surface area contributed by atoms with Gasteiger partial charge in [-0.1, -0.05) is 13.8 Å². The molecule has 0 aromatic rings. The Morgan fingerprint density at radius 3 is 2.68 bits per heavy atom. The third-order valence-corrected chi connectivity index (χ3v) is 4.91. The Labute approximate surface area is 120 Å². The average Bonchev–Trinajstić information content (AvgIpc) is 3.22. The second-order valence-corrected chi connectivity index (χ2v) is 6.33. The molecule has 112 valence electrons. The second-order valence-electron chi connectivity index (χ2n) is 5.30. The van der Waals surface area contributed by atoms with Gasteiger partial charge in [-0.15, -0.1) is 0 Å². The van der Waals surface area contributed by atoms with Gasteiger partial charge in [0.1, 0.15) is 5.54 Å². The van der Waals surface area contributed by atoms with Gasteiger partial charge in [-0.25, -0.2) is 0 Å². The minimum Gasteiger partial charge on any atom is -0.465 e. The van der Waals surface area contributed by atoms with Crippen LogP contribution in [-0.4, -0.2) is 47.9 Å². The first-order valence-corrected chi connectivity index (χ1v) is 8.37. The summed E-state index contributed by atoms with van der Waals surface area (Å²) < 4.78 is 5.28. The highest BCUT2D eigenvalue weighted by Crippen LogP contribution is 2.42. The molecule has 0 heterocycles. The average molecular weight is 289 g/mol. The normalized spacial score (nSPS) is 19.8. The van der Waals surface area contributed by atoms with Crippen molar-refractivity contribution < 1.29 is 14.6 Å². The van der Waals surface area contributed by atoms with Crippen molar-refractivity contribution in [2.45, 2.75) is 39.2 Å². The van der Waals surface area contributed by atoms with Gasteiger partial charge >= 0.3 is 5.97 Å². The second kappa shape index (κ2) is 8.12. The van der Waals surface area contributed by atoms with E-state index in [1.165, 1.54) is 0 Å². The van der Waals surface area contributed by atoms with Gasteiger partial charge in [0.15, 0.2) is 0 Å². The number of carbonyl (C=O) groups is 1. The molecule has 0 aromatic heterocycles. The van der Waals surface area contributed by atoms with E-state index >= 15 is 0 Å². The Bertz CT molecular complexity index is 284. The number of hydrogen-bond acceptors (Lipinski definition) is 5. The van der Waals surface area contributed by atoms with Crippen molar-refractivity contribution in [3.05, 3.63) is 0 Å². The Balaban J connectivity index is 2.64. The molecule has 19 heavy (non-hydrogen) atoms. The third-order valence-electron chi connectivity index (χ3n) is 3.45. The number of thioether (sulfide) groups is 1. The molecule has 0 radical (unpaired) electrons. The fraction of sp³-hybridized carbons (Fsp3) is 0.929. The van der Waals surface area contributed by atoms with E-state index in [2.05, 4.69) is 5.32 Å². The maximum absolute atomic E-state index is 12.3. The summed E-state index contributed by atoms with van der Waals surface area (Å²) in [5.41, 5.74) is -0.523. The molecule has 1 aliphatic rings. The van der Waals surface area contributed by atoms with Crippen LogP contribution in [0, 0.1) is 11.8 Å². The molecule has 0 aliphatic heterocycles. The maximum atomic E-state index is 12.3. The molecule has 0 aromatic carbocycles. The van der Waals surface area contributed by atoms with Crippen LogP contribution in [0.25, 0.3) is 0 Å². The zero-order valence-electron chi connectivity index (χ0n) is 12.3. The first-order valence-electron chi connectivity index (χ1n) is 7.21. The van der Waals surface area contributed by atoms with Crippen molar-refractivity contribution in [3.63, 3.8) is 0 Å². The molecule has 0 bridgehead atoms. The number of aliphatic hydroxyl groups excluding tert-OH is 1. The van der Waals surface area contributed by atoms with Crippen LogP contribution in [0.2, 0.25) is 0 Å². The van der Waals surface area contributed by atoms with Gasteiger partial charge in [-0.3, -0.25) is 4.79 Å². The van der Waals surface area contributed by atoms with Crippen molar-refractivity contribution in [1.82, 2.24) is 5.32 Å². The summed E-state index contributed by atoms with van der Waals surface area (Å²) in [6.45, 7) is 7.29. The molecule has 5 heteroatoms. The summed E-state index contributed by atoms with van der Waals surface area (Å²) in [6.07, 6.45) is 2.20. The first-order chi connectivity index (χ1) is 9.10. The van der Waals surface area contributed by atoms with Crippen LogP contribution in [-0.2, 0) is 9.53 Å². The number of nitrogens with one attached hydrogen (secondary N) is 1. The molecule has 2 unspecified atom stereocenters. The molecule has 1 fully saturated rings. The Hall–Kier alpha value is -0.260. The summed E-state index contributed by atoms with van der Waals surface area (Å²) in [5.74, 6) is 2.17. The quantitative estimate of drug-likeness (QED) is 0.599. The fourth-order valence-electron chi connectivity index (χ4n) is 2.24. The molecule has 4 nitrogen and oxygen atoms in total. The van der Waals surface area contributed by atoms with Gasteiger partial charge in [0.2, 0.25) is 0 Å². The highest BCUT2D eigenvalue weighted by Gasteiger charge is 2.51. The number of ether oxygens (including phenoxy) is 1. The van der Waals surface area contributed by atoms with E-state index < -0.39 is 5.54 Å². The summed E-state index contributed by atoms with van der Waals surface area (Å²) >= 11 is 1.73. The van der Waals surface area contributed by atoms with Crippen LogP contribution in [0.15, 0.2) is 0 Å². The molecule has 1 aliphatic carbocycles. The highest BCUT2D eigenvalue weighted by molar-refractivity contribution is 7.99. The van der Waals surface area contributed by atoms with Crippen molar-refractivity contribution >= 4 is 17.7 Å². The lowest BCUT2D eigenvalue weighted by Crippen LogP contribution is -2.57. The zero-order chi connectivity index (χ0) is 14.3. The minimum atomic E-state index is -0.523. The predicted octanol–water partition coefficient (Wildman–Crippen LogP) is 1.67. The SMILES string of the molecule is CCNC(CSCC(C)CO)(C(=O)OCC)C1CC1. The van der Waals surface area contributed by atoms with Crippen molar-refractivity contribution in [2.24, 2.45) is 11.8 Å². The van der Waals surface area contributed by atoms with Crippen LogP contribution < -0.4 is 5.32 Å². The Morgan fingerprint density at radius 1 is 1.53 bits per heavy atom. The molecule has 1 rings (SSSR count). The lowest BCUT2D eigenvalue weighted by molar-refractivity contribution is -0.151. The molecule has 1 saturated carbocycles. The van der Waals surface area contributed by atoms with Gasteiger partial charge in [0, 0.05) is 12.4 Å². The van der Waals surface area contributed by atoms with E-state index in [9.17, 15) is 4.79 Å². The largest absolute Gasteiger partial charge is 0.465 e. The molecular weight excluding hydrogens is 262 g/mol. The molecule has 0 amide bonds. The summed E-state index contributed by atoms with van der Waals surface area (Å²) in [4.78, 5) is 12.3. The summed E-state index contributed by atoms with van der Waals surface area (Å²) in [5, 5.41) is 12.4. The standard InChI is InChI=1S/C14H27NO3S/c1-4-15-14(12-6-7-12,13(17)18-5-2)10-19-9-11(3)8-16/h11-12,15-16H,4-10H2,1-3H3. The molecule has 0 saturated heterocycles. The van der Waals surface area contributed by atoms with Crippen molar-refractivity contribution in [2.75, 3.05) is 31.3 Å². The molecule has 2 N–H and O–H groups in total. The predicted molar refractivity (Wildman–Crippen MR) is 79.3 cm³/mol. The number of likely N-dealkylation sites (N-methyl/N-ethyl adjacent to an activating group) is 1. The van der Waals surface area contributed by atoms with E-state index in [4.69, 9.17) is 9.84 Å². The number of carbonyl (C=O) groups excluding carboxylic acids is 1. The van der Waals surface area contributed by atoms with E-state index in [0.29, 0.717) is 12.5 Å². The van der Waals surface area contributed by atoms with Crippen LogP contribution in [0.1, 0.15) is 33.6 Å². The van der Waals surface area contributed by atoms with Gasteiger partial charge in [-0.05, 0) is 43.9 Å². The Morgan fingerprint density at radius 2 is 2.21 bits per heavy atom. The summed E-state index contributed by atoms with van der Waals surface area (Å²) in [6, 6.07) is 0. The monoisotopic (exact) mass is 289 g/mol. The van der Waals surface area contributed by atoms with Crippen LogP contribution in [0.5, 0.6) is 0 Å². The number of rotatable bonds is 10. The number of aliphatic hydroxyl groups is 1. The third kappa shape index (κ3) is 4.65. The van der Waals surface area contributed by atoms with E-state index in [1.54, 1.807) is 11.8 Å². The first kappa shape index (κ1) is 16.8. The molecule has 0 spiro atoms. The fourth-order valence-corrected chi connectivity index (χ4v) is 3.64. The topological polar surface area (TPSA) is 58.6 Å². The van der Waals surface area contributed by atoms with Gasteiger partial charge in [0.25, 0.3) is 0 Å². The van der Waals surface area contributed by atoms with Crippen LogP contribution in [0.3, 0.4) is 0 Å². The Kier molecular flexibility index (Phi) is 7.18. The highest BCUT2D eigenvalue weighted by atomic mass is 32.2. The van der Waals surface area contributed by atoms with Crippen molar-refractivity contribution in [1.29, 1.82) is 0 Å². The van der Waals surface area contributed by atoms with Gasteiger partial charge < -0.3 is 15.2 Å². The van der Waals surface area contributed by atoms with E-state index in [1.807, 2.05) is 20.8 Å². The van der Waals surface area contributed by atoms with Gasteiger partial charge in [-0.2, -0.15) is 11.8 Å². The molecule has 2 atom stereocenters. The number of hydrogen-bond donors (Lipinski definition) is 2. The van der Waals surface area contributed by atoms with Crippen LogP contribution >= 0.6 is 11.8 Å². The lowest BCUT2D eigenvalue weighted by atomic mass is 9.95. The number of esters is 1. The lowest BCUT2D eigenvalue weighted by Gasteiger charge is -2.32. The smallest absolute Gasteiger partial charge is 0.327 e.